The molecule has 8 N–H and O–H groups in total. The highest BCUT2D eigenvalue weighted by molar-refractivity contribution is 5.92. The van der Waals surface area contributed by atoms with Gasteiger partial charge in [0.05, 0.1) is 18.9 Å². The van der Waals surface area contributed by atoms with Crippen LogP contribution in [0.25, 0.3) is 0 Å². The highest BCUT2D eigenvalue weighted by atomic mass is 16.4. The third-order valence-electron chi connectivity index (χ3n) is 5.68. The summed E-state index contributed by atoms with van der Waals surface area (Å²) in [6, 6.07) is 11.8. The minimum absolute atomic E-state index is 0.0525. The molecule has 2 aromatic carbocycles. The van der Waals surface area contributed by atoms with Gasteiger partial charge in [0, 0.05) is 24.7 Å². The number of nitrogens with zero attached hydrogens (tertiary/aromatic N) is 1. The van der Waals surface area contributed by atoms with Crippen molar-refractivity contribution >= 4 is 23.7 Å². The SMILES string of the molecule is NC(Cc1ccc(O)cc1)C(=O)NC(Cc1cnc[nH]1)C(=O)NCC(=O)NC(Cc1ccccc1)C(=O)O. The van der Waals surface area contributed by atoms with Gasteiger partial charge in [0.2, 0.25) is 17.7 Å². The highest BCUT2D eigenvalue weighted by Gasteiger charge is 2.26. The van der Waals surface area contributed by atoms with Crippen molar-refractivity contribution in [2.24, 2.45) is 5.73 Å². The van der Waals surface area contributed by atoms with Crippen LogP contribution in [0.1, 0.15) is 16.8 Å². The summed E-state index contributed by atoms with van der Waals surface area (Å²) in [5, 5.41) is 26.3. The minimum atomic E-state index is -1.21. The minimum Gasteiger partial charge on any atom is -0.508 e. The molecule has 1 aromatic heterocycles. The van der Waals surface area contributed by atoms with Crippen molar-refractivity contribution in [3.05, 3.63) is 83.9 Å². The van der Waals surface area contributed by atoms with Gasteiger partial charge in [-0.25, -0.2) is 9.78 Å². The van der Waals surface area contributed by atoms with Crippen molar-refractivity contribution in [1.29, 1.82) is 0 Å². The van der Waals surface area contributed by atoms with E-state index in [1.54, 1.807) is 42.5 Å². The number of nitrogens with one attached hydrogen (secondary N) is 4. The number of amides is 3. The molecule has 0 saturated heterocycles. The van der Waals surface area contributed by atoms with Crippen molar-refractivity contribution < 1.29 is 29.4 Å². The molecule has 0 radical (unpaired) electrons. The molecule has 0 bridgehead atoms. The molecule has 3 atom stereocenters. The van der Waals surface area contributed by atoms with Gasteiger partial charge in [-0.15, -0.1) is 0 Å². The van der Waals surface area contributed by atoms with Crippen molar-refractivity contribution in [3.8, 4) is 5.75 Å². The number of carbonyl (C=O) groups is 4. The van der Waals surface area contributed by atoms with Gasteiger partial charge < -0.3 is 36.9 Å². The molecule has 0 aliphatic carbocycles. The molecular weight excluding hydrogens is 492 g/mol. The number of phenolic OH excluding ortho intramolecular Hbond substituents is 1. The topological polar surface area (TPSA) is 200 Å². The van der Waals surface area contributed by atoms with E-state index in [0.717, 1.165) is 11.1 Å². The Balaban J connectivity index is 1.58. The third kappa shape index (κ3) is 8.75. The van der Waals surface area contributed by atoms with Crippen molar-refractivity contribution in [2.45, 2.75) is 37.4 Å². The number of carbonyl (C=O) groups excluding carboxylic acids is 3. The van der Waals surface area contributed by atoms with Gasteiger partial charge in [0.25, 0.3) is 0 Å². The van der Waals surface area contributed by atoms with E-state index in [-0.39, 0.29) is 25.0 Å². The van der Waals surface area contributed by atoms with Crippen LogP contribution in [0.5, 0.6) is 5.75 Å². The Bertz CT molecular complexity index is 1220. The number of nitrogens with two attached hydrogens (primary N) is 1. The molecule has 0 fully saturated rings. The van der Waals surface area contributed by atoms with Crippen molar-refractivity contribution in [2.75, 3.05) is 6.54 Å². The highest BCUT2D eigenvalue weighted by Crippen LogP contribution is 2.11. The third-order valence-corrected chi connectivity index (χ3v) is 5.68. The lowest BCUT2D eigenvalue weighted by molar-refractivity contribution is -0.141. The van der Waals surface area contributed by atoms with E-state index in [1.165, 1.54) is 24.7 Å². The maximum absolute atomic E-state index is 12.9. The first-order valence-corrected chi connectivity index (χ1v) is 11.9. The number of imidazole rings is 1. The van der Waals surface area contributed by atoms with E-state index in [9.17, 15) is 29.4 Å². The Morgan fingerprint density at radius 2 is 1.55 bits per heavy atom. The number of hydrogen-bond acceptors (Lipinski definition) is 7. The first-order chi connectivity index (χ1) is 18.2. The van der Waals surface area contributed by atoms with Crippen LogP contribution < -0.4 is 21.7 Å². The average molecular weight is 523 g/mol. The number of aliphatic carboxylic acids is 1. The van der Waals surface area contributed by atoms with Gasteiger partial charge in [0.1, 0.15) is 17.8 Å². The number of aromatic amines is 1. The zero-order valence-electron chi connectivity index (χ0n) is 20.5. The molecule has 1 heterocycles. The summed E-state index contributed by atoms with van der Waals surface area (Å²) in [7, 11) is 0. The second kappa shape index (κ2) is 13.6. The molecule has 3 rings (SSSR count). The lowest BCUT2D eigenvalue weighted by Gasteiger charge is -2.21. The van der Waals surface area contributed by atoms with Crippen LogP contribution >= 0.6 is 0 Å². The van der Waals surface area contributed by atoms with Crippen LogP contribution in [0.15, 0.2) is 67.1 Å². The molecule has 0 aliphatic rings. The summed E-state index contributed by atoms with van der Waals surface area (Å²) in [6.07, 6.45) is 3.22. The number of rotatable bonds is 13. The normalized spacial score (nSPS) is 13.1. The predicted molar refractivity (Wildman–Crippen MR) is 137 cm³/mol. The number of carboxylic acid groups (broad SMARTS) is 1. The van der Waals surface area contributed by atoms with Crippen LogP contribution in [0.2, 0.25) is 0 Å². The predicted octanol–water partition coefficient (Wildman–Crippen LogP) is -0.359. The fourth-order valence-corrected chi connectivity index (χ4v) is 3.67. The molecule has 12 nitrogen and oxygen atoms in total. The van der Waals surface area contributed by atoms with E-state index in [2.05, 4.69) is 25.9 Å². The first kappa shape index (κ1) is 27.9. The van der Waals surface area contributed by atoms with Gasteiger partial charge >= 0.3 is 5.97 Å². The first-order valence-electron chi connectivity index (χ1n) is 11.9. The van der Waals surface area contributed by atoms with E-state index < -0.39 is 48.4 Å². The summed E-state index contributed by atoms with van der Waals surface area (Å²) < 4.78 is 0. The molecular formula is C26H30N6O6. The Morgan fingerprint density at radius 1 is 0.868 bits per heavy atom. The zero-order valence-corrected chi connectivity index (χ0v) is 20.5. The second-order valence-electron chi connectivity index (χ2n) is 8.69. The summed E-state index contributed by atoms with van der Waals surface area (Å²) in [6.45, 7) is -0.494. The van der Waals surface area contributed by atoms with Gasteiger partial charge in [-0.1, -0.05) is 42.5 Å². The molecule has 0 aliphatic heterocycles. The van der Waals surface area contributed by atoms with Crippen LogP contribution in [0.4, 0.5) is 0 Å². The quantitative estimate of drug-likeness (QED) is 0.158. The lowest BCUT2D eigenvalue weighted by atomic mass is 10.0. The van der Waals surface area contributed by atoms with Gasteiger partial charge in [-0.3, -0.25) is 14.4 Å². The van der Waals surface area contributed by atoms with E-state index in [4.69, 9.17) is 5.73 Å². The fraction of sp³-hybridized carbons (Fsp3) is 0.269. The van der Waals surface area contributed by atoms with Crippen LogP contribution in [0.3, 0.4) is 0 Å². The second-order valence-corrected chi connectivity index (χ2v) is 8.69. The molecule has 200 valence electrons. The number of carboxylic acids is 1. The smallest absolute Gasteiger partial charge is 0.326 e. The van der Waals surface area contributed by atoms with Crippen LogP contribution in [-0.2, 0) is 38.4 Å². The summed E-state index contributed by atoms with van der Waals surface area (Å²) in [4.78, 5) is 56.5. The molecule has 3 aromatic rings. The lowest BCUT2D eigenvalue weighted by Crippen LogP contribution is -2.54. The number of aromatic nitrogens is 2. The monoisotopic (exact) mass is 522 g/mol. The molecule has 3 unspecified atom stereocenters. The maximum Gasteiger partial charge on any atom is 0.326 e. The van der Waals surface area contributed by atoms with Gasteiger partial charge in [-0.2, -0.15) is 0 Å². The van der Waals surface area contributed by atoms with Crippen molar-refractivity contribution in [1.82, 2.24) is 25.9 Å². The number of benzene rings is 2. The Kier molecular flexibility index (Phi) is 9.94. The summed E-state index contributed by atoms with van der Waals surface area (Å²) >= 11 is 0. The summed E-state index contributed by atoms with van der Waals surface area (Å²) in [5.41, 5.74) is 8.05. The number of H-pyrrole nitrogens is 1. The van der Waals surface area contributed by atoms with Gasteiger partial charge in [-0.05, 0) is 29.7 Å². The van der Waals surface area contributed by atoms with Crippen LogP contribution in [0, 0.1) is 0 Å². The van der Waals surface area contributed by atoms with E-state index in [0.29, 0.717) is 5.69 Å². The molecule has 12 heteroatoms. The number of phenols is 1. The standard InChI is InChI=1S/C26H30N6O6/c27-20(10-17-6-8-19(33)9-7-17)24(35)32-21(12-18-13-28-15-30-18)25(36)29-14-23(34)31-22(26(37)38)11-16-4-2-1-3-5-16/h1-9,13,15,20-22,33H,10-12,14,27H2,(H,28,30)(H,29,36)(H,31,34)(H,32,35)(H,37,38). The number of aromatic hydroxyl groups is 1. The number of hydrogen-bond donors (Lipinski definition) is 7. The Morgan fingerprint density at radius 3 is 2.18 bits per heavy atom. The maximum atomic E-state index is 12.9. The Hall–Kier alpha value is -4.71. The average Bonchev–Trinajstić information content (AvgIpc) is 3.41. The van der Waals surface area contributed by atoms with Crippen molar-refractivity contribution in [3.63, 3.8) is 0 Å². The van der Waals surface area contributed by atoms with E-state index in [1.807, 2.05) is 0 Å². The van der Waals surface area contributed by atoms with E-state index >= 15 is 0 Å². The molecule has 0 spiro atoms. The summed E-state index contributed by atoms with van der Waals surface area (Å²) in [5.74, 6) is -3.06. The molecule has 3 amide bonds. The largest absolute Gasteiger partial charge is 0.508 e. The molecule has 38 heavy (non-hydrogen) atoms. The van der Waals surface area contributed by atoms with Gasteiger partial charge in [0.15, 0.2) is 0 Å². The van der Waals surface area contributed by atoms with Crippen LogP contribution in [-0.4, -0.2) is 68.5 Å². The molecule has 0 saturated carbocycles. The Labute approximate surface area is 218 Å². The fourth-order valence-electron chi connectivity index (χ4n) is 3.67. The zero-order chi connectivity index (χ0) is 27.5.